The van der Waals surface area contributed by atoms with Crippen LogP contribution >= 0.6 is 0 Å². The Bertz CT molecular complexity index is 341. The van der Waals surface area contributed by atoms with Crippen molar-refractivity contribution in [2.24, 2.45) is 5.41 Å². The van der Waals surface area contributed by atoms with Crippen LogP contribution < -0.4 is 10.1 Å². The summed E-state index contributed by atoms with van der Waals surface area (Å²) in [5.41, 5.74) is 1.69. The first-order valence-corrected chi connectivity index (χ1v) is 6.94. The Balaban J connectivity index is 2.18. The molecule has 2 heteroatoms. The maximum absolute atomic E-state index is 5.80. The highest BCUT2D eigenvalue weighted by atomic mass is 16.5. The molecular formula is C16H27NO. The van der Waals surface area contributed by atoms with Crippen molar-refractivity contribution in [3.05, 3.63) is 29.8 Å². The molecule has 1 N–H and O–H groups in total. The summed E-state index contributed by atoms with van der Waals surface area (Å²) < 4.78 is 5.80. The molecule has 18 heavy (non-hydrogen) atoms. The lowest BCUT2D eigenvalue weighted by atomic mass is 9.92. The van der Waals surface area contributed by atoms with Crippen LogP contribution in [0.1, 0.15) is 39.7 Å². The first kappa shape index (κ1) is 15.0. The Morgan fingerprint density at radius 3 is 2.50 bits per heavy atom. The van der Waals surface area contributed by atoms with Gasteiger partial charge in [0.15, 0.2) is 0 Å². The van der Waals surface area contributed by atoms with Gasteiger partial charge in [-0.15, -0.1) is 0 Å². The van der Waals surface area contributed by atoms with Crippen LogP contribution in [0.25, 0.3) is 0 Å². The third-order valence-corrected chi connectivity index (χ3v) is 2.94. The van der Waals surface area contributed by atoms with E-state index < -0.39 is 0 Å². The molecule has 1 rings (SSSR count). The average Bonchev–Trinajstić information content (AvgIpc) is 2.32. The zero-order valence-electron chi connectivity index (χ0n) is 12.3. The molecule has 0 aliphatic carbocycles. The lowest BCUT2D eigenvalue weighted by molar-refractivity contribution is 0.302. The Hall–Kier alpha value is -1.02. The van der Waals surface area contributed by atoms with Crippen LogP contribution in [-0.2, 0) is 6.42 Å². The quantitative estimate of drug-likeness (QED) is 0.745. The lowest BCUT2D eigenvalue weighted by Gasteiger charge is -2.18. The number of hydrogen-bond donors (Lipinski definition) is 1. The molecule has 0 heterocycles. The number of hydrogen-bond acceptors (Lipinski definition) is 2. The van der Waals surface area contributed by atoms with Gasteiger partial charge in [-0.1, -0.05) is 45.9 Å². The van der Waals surface area contributed by atoms with Gasteiger partial charge in [-0.2, -0.15) is 0 Å². The molecule has 1 aromatic carbocycles. The van der Waals surface area contributed by atoms with E-state index in [4.69, 9.17) is 4.74 Å². The molecule has 2 nitrogen and oxygen atoms in total. The predicted molar refractivity (Wildman–Crippen MR) is 78.3 cm³/mol. The number of benzene rings is 1. The number of rotatable bonds is 7. The maximum atomic E-state index is 5.80. The molecule has 0 unspecified atom stereocenters. The Kier molecular flexibility index (Phi) is 6.20. The summed E-state index contributed by atoms with van der Waals surface area (Å²) in [6, 6.07) is 8.27. The third kappa shape index (κ3) is 6.06. The van der Waals surface area contributed by atoms with Gasteiger partial charge < -0.3 is 10.1 Å². The zero-order chi connectivity index (χ0) is 13.4. The summed E-state index contributed by atoms with van der Waals surface area (Å²) in [7, 11) is 0. The van der Waals surface area contributed by atoms with Crippen LogP contribution in [0.2, 0.25) is 0 Å². The Labute approximate surface area is 112 Å². The van der Waals surface area contributed by atoms with E-state index in [1.54, 1.807) is 0 Å². The van der Waals surface area contributed by atoms with Crippen molar-refractivity contribution in [1.29, 1.82) is 0 Å². The van der Waals surface area contributed by atoms with Crippen molar-refractivity contribution in [2.75, 3.05) is 19.7 Å². The number of aryl methyl sites for hydroxylation is 1. The van der Waals surface area contributed by atoms with Crippen LogP contribution in [0, 0.1) is 5.41 Å². The maximum Gasteiger partial charge on any atom is 0.122 e. The summed E-state index contributed by atoms with van der Waals surface area (Å²) in [6.07, 6.45) is 2.21. The minimum Gasteiger partial charge on any atom is -0.492 e. The summed E-state index contributed by atoms with van der Waals surface area (Å²) in [5, 5.41) is 3.42. The molecule has 0 radical (unpaired) electrons. The highest BCUT2D eigenvalue weighted by molar-refractivity contribution is 5.33. The van der Waals surface area contributed by atoms with Crippen molar-refractivity contribution in [3.63, 3.8) is 0 Å². The van der Waals surface area contributed by atoms with Crippen molar-refractivity contribution in [1.82, 2.24) is 5.32 Å². The second-order valence-corrected chi connectivity index (χ2v) is 5.87. The highest BCUT2D eigenvalue weighted by Gasteiger charge is 2.08. The van der Waals surface area contributed by atoms with E-state index in [0.717, 1.165) is 31.9 Å². The van der Waals surface area contributed by atoms with Crippen LogP contribution in [0.5, 0.6) is 5.75 Å². The van der Waals surface area contributed by atoms with Gasteiger partial charge in [0.2, 0.25) is 0 Å². The minimum atomic E-state index is 0.405. The number of para-hydroxylation sites is 1. The van der Waals surface area contributed by atoms with Crippen molar-refractivity contribution >= 4 is 0 Å². The summed E-state index contributed by atoms with van der Waals surface area (Å²) in [4.78, 5) is 0. The zero-order valence-corrected chi connectivity index (χ0v) is 12.3. The average molecular weight is 249 g/mol. The standard InChI is InChI=1S/C16H27NO/c1-5-14-8-6-7-9-15(14)18-13-12-17-11-10-16(2,3)4/h6-9,17H,5,10-13H2,1-4H3. The first-order chi connectivity index (χ1) is 8.53. The largest absolute Gasteiger partial charge is 0.492 e. The van der Waals surface area contributed by atoms with Gasteiger partial charge in [-0.3, -0.25) is 0 Å². The van der Waals surface area contributed by atoms with Crippen molar-refractivity contribution in [3.8, 4) is 5.75 Å². The van der Waals surface area contributed by atoms with Crippen molar-refractivity contribution in [2.45, 2.75) is 40.5 Å². The lowest BCUT2D eigenvalue weighted by Crippen LogP contribution is -2.25. The molecule has 0 atom stereocenters. The SMILES string of the molecule is CCc1ccccc1OCCNCCC(C)(C)C. The highest BCUT2D eigenvalue weighted by Crippen LogP contribution is 2.18. The van der Waals surface area contributed by atoms with Gasteiger partial charge in [0, 0.05) is 6.54 Å². The van der Waals surface area contributed by atoms with Crippen LogP contribution in [0.15, 0.2) is 24.3 Å². The van der Waals surface area contributed by atoms with Gasteiger partial charge in [0.05, 0.1) is 0 Å². The van der Waals surface area contributed by atoms with Gasteiger partial charge >= 0.3 is 0 Å². The monoisotopic (exact) mass is 249 g/mol. The van der Waals surface area contributed by atoms with E-state index in [1.165, 1.54) is 12.0 Å². The summed E-state index contributed by atoms with van der Waals surface area (Å²) in [6.45, 7) is 11.7. The second kappa shape index (κ2) is 7.42. The molecule has 0 spiro atoms. The first-order valence-electron chi connectivity index (χ1n) is 6.94. The molecule has 0 aliphatic heterocycles. The molecule has 0 amide bonds. The number of nitrogens with one attached hydrogen (secondary N) is 1. The van der Waals surface area contributed by atoms with Gasteiger partial charge in [0.1, 0.15) is 12.4 Å². The predicted octanol–water partition coefficient (Wildman–Crippen LogP) is 3.65. The second-order valence-electron chi connectivity index (χ2n) is 5.87. The van der Waals surface area contributed by atoms with E-state index in [-0.39, 0.29) is 0 Å². The topological polar surface area (TPSA) is 21.3 Å². The van der Waals surface area contributed by atoms with Crippen molar-refractivity contribution < 1.29 is 4.74 Å². The smallest absolute Gasteiger partial charge is 0.122 e. The summed E-state index contributed by atoms with van der Waals surface area (Å²) in [5.74, 6) is 1.03. The molecule has 0 fully saturated rings. The minimum absolute atomic E-state index is 0.405. The van der Waals surface area contributed by atoms with Gasteiger partial charge in [-0.25, -0.2) is 0 Å². The van der Waals surface area contributed by atoms with E-state index in [1.807, 2.05) is 12.1 Å². The fourth-order valence-corrected chi connectivity index (χ4v) is 1.76. The van der Waals surface area contributed by atoms with E-state index in [2.05, 4.69) is 45.1 Å². The molecular weight excluding hydrogens is 222 g/mol. The van der Waals surface area contributed by atoms with E-state index in [9.17, 15) is 0 Å². The van der Waals surface area contributed by atoms with Gasteiger partial charge in [0.25, 0.3) is 0 Å². The summed E-state index contributed by atoms with van der Waals surface area (Å²) >= 11 is 0. The van der Waals surface area contributed by atoms with Crippen LogP contribution in [-0.4, -0.2) is 19.7 Å². The fourth-order valence-electron chi connectivity index (χ4n) is 1.76. The Morgan fingerprint density at radius 2 is 1.83 bits per heavy atom. The number of ether oxygens (including phenoxy) is 1. The van der Waals surface area contributed by atoms with Gasteiger partial charge in [-0.05, 0) is 36.4 Å². The van der Waals surface area contributed by atoms with E-state index >= 15 is 0 Å². The van der Waals surface area contributed by atoms with E-state index in [0.29, 0.717) is 5.41 Å². The molecule has 0 bridgehead atoms. The molecule has 0 aromatic heterocycles. The third-order valence-electron chi connectivity index (χ3n) is 2.94. The molecule has 1 aromatic rings. The fraction of sp³-hybridized carbons (Fsp3) is 0.625. The Morgan fingerprint density at radius 1 is 1.11 bits per heavy atom. The molecule has 0 saturated heterocycles. The molecule has 0 aliphatic rings. The molecule has 102 valence electrons. The van der Waals surface area contributed by atoms with Crippen LogP contribution in [0.4, 0.5) is 0 Å². The normalized spacial score (nSPS) is 11.6. The molecule has 0 saturated carbocycles. The van der Waals surface area contributed by atoms with Crippen LogP contribution in [0.3, 0.4) is 0 Å².